The maximum absolute atomic E-state index is 13.5. The summed E-state index contributed by atoms with van der Waals surface area (Å²) in [6.07, 6.45) is 6.49. The number of para-hydroxylation sites is 1. The van der Waals surface area contributed by atoms with E-state index in [0.717, 1.165) is 16.5 Å². The van der Waals surface area contributed by atoms with Gasteiger partial charge < -0.3 is 23.2 Å². The van der Waals surface area contributed by atoms with Crippen LogP contribution in [0.5, 0.6) is 17.2 Å². The molecule has 0 N–H and O–H groups in total. The van der Waals surface area contributed by atoms with Crippen molar-refractivity contribution < 1.29 is 18.6 Å². The van der Waals surface area contributed by atoms with Crippen LogP contribution in [0.2, 0.25) is 0 Å². The molecule has 1 aliphatic heterocycles. The van der Waals surface area contributed by atoms with Gasteiger partial charge in [0.15, 0.2) is 5.58 Å². The monoisotopic (exact) mass is 513 g/mol. The summed E-state index contributed by atoms with van der Waals surface area (Å²) in [6.45, 7) is 6.06. The van der Waals surface area contributed by atoms with Gasteiger partial charge in [0.1, 0.15) is 22.8 Å². The van der Waals surface area contributed by atoms with Crippen molar-refractivity contribution in [3.8, 4) is 17.2 Å². The number of aryl methyl sites for hydroxylation is 1. The molecule has 0 radical (unpaired) electrons. The first-order chi connectivity index (χ1) is 18.2. The van der Waals surface area contributed by atoms with E-state index in [2.05, 4.69) is 6.08 Å². The number of methoxy groups -OCH3 is 2. The Labute approximate surface area is 220 Å². The summed E-state index contributed by atoms with van der Waals surface area (Å²) in [7, 11) is 4.91. The third-order valence-electron chi connectivity index (χ3n) is 7.07. The SMILES string of the molecule is COc1cc(OC)c2ccc(=O)oc2c1/C=C/[C@@]1(C)C[C@H](C=C(C)C)c2c(c3ccccc3n(C)c2=O)O1. The number of benzene rings is 2. The maximum atomic E-state index is 13.5. The molecule has 196 valence electrons. The van der Waals surface area contributed by atoms with E-state index in [-0.39, 0.29) is 11.5 Å². The molecule has 5 rings (SSSR count). The predicted molar refractivity (Wildman–Crippen MR) is 150 cm³/mol. The second-order valence-electron chi connectivity index (χ2n) is 10.1. The van der Waals surface area contributed by atoms with Crippen LogP contribution >= 0.6 is 0 Å². The van der Waals surface area contributed by atoms with E-state index in [0.29, 0.717) is 45.8 Å². The van der Waals surface area contributed by atoms with E-state index >= 15 is 0 Å². The fourth-order valence-electron chi connectivity index (χ4n) is 5.34. The van der Waals surface area contributed by atoms with Crippen LogP contribution in [0.4, 0.5) is 0 Å². The van der Waals surface area contributed by atoms with Crippen molar-refractivity contribution in [3.63, 3.8) is 0 Å². The summed E-state index contributed by atoms with van der Waals surface area (Å²) >= 11 is 0. The van der Waals surface area contributed by atoms with Crippen molar-refractivity contribution in [1.82, 2.24) is 4.57 Å². The molecule has 0 bridgehead atoms. The van der Waals surface area contributed by atoms with Crippen LogP contribution in [0.3, 0.4) is 0 Å². The molecule has 0 unspecified atom stereocenters. The first-order valence-electron chi connectivity index (χ1n) is 12.5. The van der Waals surface area contributed by atoms with E-state index in [1.54, 1.807) is 38.0 Å². The topological polar surface area (TPSA) is 79.9 Å². The molecule has 0 fully saturated rings. The maximum Gasteiger partial charge on any atom is 0.336 e. The van der Waals surface area contributed by atoms with Crippen molar-refractivity contribution in [1.29, 1.82) is 0 Å². The molecule has 1 aliphatic rings. The van der Waals surface area contributed by atoms with Crippen molar-refractivity contribution >= 4 is 27.9 Å². The van der Waals surface area contributed by atoms with Gasteiger partial charge in [-0.05, 0) is 51.1 Å². The van der Waals surface area contributed by atoms with E-state index in [1.807, 2.05) is 57.2 Å². The minimum Gasteiger partial charge on any atom is -0.496 e. The van der Waals surface area contributed by atoms with Crippen molar-refractivity contribution in [2.45, 2.75) is 38.7 Å². The summed E-state index contributed by atoms with van der Waals surface area (Å²) in [4.78, 5) is 25.6. The highest BCUT2D eigenvalue weighted by atomic mass is 16.5. The van der Waals surface area contributed by atoms with Gasteiger partial charge in [-0.2, -0.15) is 0 Å². The number of fused-ring (bicyclic) bond motifs is 4. The molecular weight excluding hydrogens is 482 g/mol. The minimum atomic E-state index is -0.773. The molecule has 3 heterocycles. The van der Waals surface area contributed by atoms with Gasteiger partial charge in [0.05, 0.1) is 36.2 Å². The molecule has 2 atom stereocenters. The van der Waals surface area contributed by atoms with Gasteiger partial charge >= 0.3 is 5.63 Å². The zero-order valence-electron chi connectivity index (χ0n) is 22.5. The van der Waals surface area contributed by atoms with E-state index < -0.39 is 11.2 Å². The van der Waals surface area contributed by atoms with Crippen LogP contribution < -0.4 is 25.4 Å². The average molecular weight is 514 g/mol. The fourth-order valence-corrected chi connectivity index (χ4v) is 5.34. The van der Waals surface area contributed by atoms with Gasteiger partial charge in [-0.25, -0.2) is 4.79 Å². The first-order valence-corrected chi connectivity index (χ1v) is 12.5. The molecule has 7 heteroatoms. The van der Waals surface area contributed by atoms with Gasteiger partial charge in [0, 0.05) is 36.9 Å². The standard InChI is InChI=1S/C31H31NO6/c1-18(2)15-19-17-31(3,38-29-20-9-7-8-10-23(20)32(4)30(34)27(19)29)14-13-22-25(36-6)16-24(35-5)21-11-12-26(33)37-28(21)22/h7-16,19H,17H2,1-6H3/b14-13+/t19-,31-/m0/s1. The summed E-state index contributed by atoms with van der Waals surface area (Å²) in [5, 5.41) is 1.54. The fraction of sp³-hybridized carbons (Fsp3) is 0.290. The van der Waals surface area contributed by atoms with Gasteiger partial charge in [-0.15, -0.1) is 0 Å². The van der Waals surface area contributed by atoms with Gasteiger partial charge in [-0.3, -0.25) is 4.79 Å². The molecule has 0 saturated heterocycles. The predicted octanol–water partition coefficient (Wildman–Crippen LogP) is 5.97. The Morgan fingerprint density at radius 1 is 1.05 bits per heavy atom. The highest BCUT2D eigenvalue weighted by molar-refractivity contribution is 5.93. The third-order valence-corrected chi connectivity index (χ3v) is 7.07. The lowest BCUT2D eigenvalue weighted by Gasteiger charge is -2.38. The summed E-state index contributed by atoms with van der Waals surface area (Å²) in [5.74, 6) is 1.49. The third kappa shape index (κ3) is 4.28. The molecule has 0 spiro atoms. The number of nitrogens with zero attached hydrogens (tertiary/aromatic N) is 1. The second-order valence-corrected chi connectivity index (χ2v) is 10.1. The molecule has 4 aromatic rings. The highest BCUT2D eigenvalue weighted by Crippen LogP contribution is 2.45. The van der Waals surface area contributed by atoms with E-state index in [9.17, 15) is 9.59 Å². The van der Waals surface area contributed by atoms with Gasteiger partial charge in [0.2, 0.25) is 0 Å². The highest BCUT2D eigenvalue weighted by Gasteiger charge is 2.38. The average Bonchev–Trinajstić information content (AvgIpc) is 2.89. The lowest BCUT2D eigenvalue weighted by atomic mass is 9.81. The van der Waals surface area contributed by atoms with Crippen LogP contribution in [0.15, 0.2) is 74.2 Å². The van der Waals surface area contributed by atoms with Crippen molar-refractivity contribution in [2.24, 2.45) is 7.05 Å². The Bertz CT molecular complexity index is 1740. The Kier molecular flexibility index (Phi) is 6.39. The lowest BCUT2D eigenvalue weighted by Crippen LogP contribution is -2.39. The number of rotatable bonds is 5. The number of ether oxygens (including phenoxy) is 3. The number of aromatic nitrogens is 1. The van der Waals surface area contributed by atoms with Crippen LogP contribution in [-0.4, -0.2) is 24.4 Å². The van der Waals surface area contributed by atoms with E-state index in [4.69, 9.17) is 18.6 Å². The molecule has 7 nitrogen and oxygen atoms in total. The van der Waals surface area contributed by atoms with Crippen LogP contribution in [0, 0.1) is 0 Å². The van der Waals surface area contributed by atoms with Crippen molar-refractivity contribution in [3.05, 3.63) is 92.1 Å². The second kappa shape index (κ2) is 9.56. The first kappa shape index (κ1) is 25.4. The molecule has 0 aliphatic carbocycles. The van der Waals surface area contributed by atoms with Gasteiger partial charge in [0.25, 0.3) is 5.56 Å². The zero-order valence-corrected chi connectivity index (χ0v) is 22.5. The Morgan fingerprint density at radius 3 is 2.50 bits per heavy atom. The quantitative estimate of drug-likeness (QED) is 0.242. The normalized spacial score (nSPS) is 18.8. The zero-order chi connectivity index (χ0) is 27.2. The Hall–Kier alpha value is -4.26. The minimum absolute atomic E-state index is 0.0585. The van der Waals surface area contributed by atoms with E-state index in [1.165, 1.54) is 6.07 Å². The number of allylic oxidation sites excluding steroid dienone is 2. The molecular formula is C31H31NO6. The Balaban J connectivity index is 1.71. The molecule has 0 saturated carbocycles. The molecule has 0 amide bonds. The summed E-state index contributed by atoms with van der Waals surface area (Å²) in [5.41, 5.74) is 2.26. The summed E-state index contributed by atoms with van der Waals surface area (Å²) < 4.78 is 25.1. The number of pyridine rings is 1. The smallest absolute Gasteiger partial charge is 0.336 e. The largest absolute Gasteiger partial charge is 0.496 e. The lowest BCUT2D eigenvalue weighted by molar-refractivity contribution is 0.110. The van der Waals surface area contributed by atoms with Crippen molar-refractivity contribution in [2.75, 3.05) is 14.2 Å². The van der Waals surface area contributed by atoms with Crippen LogP contribution in [0.1, 0.15) is 44.2 Å². The van der Waals surface area contributed by atoms with Crippen LogP contribution in [-0.2, 0) is 7.05 Å². The van der Waals surface area contributed by atoms with Crippen LogP contribution in [0.25, 0.3) is 27.9 Å². The van der Waals surface area contributed by atoms with Gasteiger partial charge in [-0.1, -0.05) is 23.8 Å². The number of hydrogen-bond acceptors (Lipinski definition) is 6. The molecule has 2 aromatic heterocycles. The molecule has 38 heavy (non-hydrogen) atoms. The summed E-state index contributed by atoms with van der Waals surface area (Å²) in [6, 6.07) is 12.6. The Morgan fingerprint density at radius 2 is 1.79 bits per heavy atom. The number of hydrogen-bond donors (Lipinski definition) is 0. The molecule has 2 aromatic carbocycles.